The van der Waals surface area contributed by atoms with Crippen molar-refractivity contribution in [2.24, 2.45) is 0 Å². The predicted molar refractivity (Wildman–Crippen MR) is 151 cm³/mol. The number of ether oxygens (including phenoxy) is 3. The van der Waals surface area contributed by atoms with E-state index in [9.17, 15) is 9.59 Å². The lowest BCUT2D eigenvalue weighted by Crippen LogP contribution is -2.38. The first-order chi connectivity index (χ1) is 19.5. The number of aryl methyl sites for hydroxylation is 1. The van der Waals surface area contributed by atoms with Crippen LogP contribution in [0.3, 0.4) is 0 Å². The summed E-state index contributed by atoms with van der Waals surface area (Å²) in [4.78, 5) is 32.3. The summed E-state index contributed by atoms with van der Waals surface area (Å²) in [6.45, 7) is 2.86. The Morgan fingerprint density at radius 3 is 2.73 bits per heavy atom. The number of hydrogen-bond donors (Lipinski definition) is 2. The first kappa shape index (κ1) is 27.5. The zero-order chi connectivity index (χ0) is 27.9. The lowest BCUT2D eigenvalue weighted by molar-refractivity contribution is -0.123. The van der Waals surface area contributed by atoms with Crippen LogP contribution in [-0.2, 0) is 22.6 Å². The van der Waals surface area contributed by atoms with E-state index in [1.807, 2.05) is 42.6 Å². The predicted octanol–water partition coefficient (Wildman–Crippen LogP) is 3.66. The number of carbonyl (C=O) groups excluding carboxylic acids is 2. The van der Waals surface area contributed by atoms with E-state index in [4.69, 9.17) is 14.2 Å². The van der Waals surface area contributed by atoms with Crippen molar-refractivity contribution in [3.63, 3.8) is 0 Å². The van der Waals surface area contributed by atoms with E-state index in [-0.39, 0.29) is 17.9 Å². The van der Waals surface area contributed by atoms with E-state index < -0.39 is 0 Å². The molecular formula is C31H36N4O5. The molecule has 2 amide bonds. The van der Waals surface area contributed by atoms with Crippen molar-refractivity contribution in [1.82, 2.24) is 20.5 Å². The van der Waals surface area contributed by atoms with Gasteiger partial charge < -0.3 is 24.8 Å². The van der Waals surface area contributed by atoms with Crippen LogP contribution < -0.4 is 24.8 Å². The Kier molecular flexibility index (Phi) is 8.81. The van der Waals surface area contributed by atoms with Crippen LogP contribution in [-0.4, -0.2) is 62.2 Å². The van der Waals surface area contributed by atoms with Crippen molar-refractivity contribution in [2.45, 2.75) is 38.3 Å². The Labute approximate surface area is 234 Å². The van der Waals surface area contributed by atoms with Crippen molar-refractivity contribution in [1.29, 1.82) is 0 Å². The Hall–Kier alpha value is -4.11. The van der Waals surface area contributed by atoms with Gasteiger partial charge in [0.15, 0.2) is 11.5 Å². The molecule has 1 aromatic heterocycles. The van der Waals surface area contributed by atoms with Crippen LogP contribution in [0.25, 0.3) is 11.1 Å². The molecule has 9 heteroatoms. The van der Waals surface area contributed by atoms with Crippen molar-refractivity contribution in [2.75, 3.05) is 40.5 Å². The van der Waals surface area contributed by atoms with Crippen LogP contribution in [0.2, 0.25) is 0 Å². The highest BCUT2D eigenvalue weighted by molar-refractivity contribution is 5.79. The van der Waals surface area contributed by atoms with Gasteiger partial charge in [-0.2, -0.15) is 0 Å². The minimum Gasteiger partial charge on any atom is -0.493 e. The van der Waals surface area contributed by atoms with E-state index in [0.717, 1.165) is 33.6 Å². The average molecular weight is 545 g/mol. The summed E-state index contributed by atoms with van der Waals surface area (Å²) >= 11 is 0. The highest BCUT2D eigenvalue weighted by atomic mass is 16.5. The molecule has 0 saturated heterocycles. The number of hydrogen-bond acceptors (Lipinski definition) is 7. The molecule has 0 fully saturated rings. The second kappa shape index (κ2) is 12.8. The number of methoxy groups -OCH3 is 2. The van der Waals surface area contributed by atoms with E-state index in [0.29, 0.717) is 70.0 Å². The number of rotatable bonds is 4. The van der Waals surface area contributed by atoms with Crippen molar-refractivity contribution in [3.8, 4) is 28.4 Å². The fourth-order valence-corrected chi connectivity index (χ4v) is 5.34. The normalized spacial score (nSPS) is 18.4. The molecule has 5 rings (SSSR count). The van der Waals surface area contributed by atoms with Crippen LogP contribution in [0.15, 0.2) is 54.9 Å². The standard InChI is InChI=1S/C31H36N4O5/c1-38-28-17-21-5-8-29(36)33-12-14-35(20-22-4-3-11-32-19-22)13-9-30(37)34-26-10-15-40-27-7-6-23(18-25(26)27)24(16-21)31(28)39-2/h3-4,6-7,11,16-19,26H,5,8-10,12-15,20H2,1-2H3,(H,33,36)(H,34,37). The largest absolute Gasteiger partial charge is 0.493 e. The van der Waals surface area contributed by atoms with Gasteiger partial charge in [0.1, 0.15) is 5.75 Å². The van der Waals surface area contributed by atoms with Gasteiger partial charge in [0, 0.05) is 69.0 Å². The van der Waals surface area contributed by atoms with Crippen LogP contribution in [0, 0.1) is 0 Å². The molecule has 0 radical (unpaired) electrons. The molecule has 0 saturated carbocycles. The zero-order valence-electron chi connectivity index (χ0n) is 23.1. The van der Waals surface area contributed by atoms with Gasteiger partial charge in [-0.1, -0.05) is 12.1 Å². The van der Waals surface area contributed by atoms with Gasteiger partial charge in [0.25, 0.3) is 0 Å². The zero-order valence-corrected chi connectivity index (χ0v) is 23.1. The molecule has 1 atom stereocenters. The molecule has 210 valence electrons. The monoisotopic (exact) mass is 544 g/mol. The van der Waals surface area contributed by atoms with Gasteiger partial charge in [-0.15, -0.1) is 0 Å². The van der Waals surface area contributed by atoms with E-state index in [1.165, 1.54) is 0 Å². The van der Waals surface area contributed by atoms with E-state index >= 15 is 0 Å². The van der Waals surface area contributed by atoms with Gasteiger partial charge in [-0.25, -0.2) is 0 Å². The first-order valence-corrected chi connectivity index (χ1v) is 13.7. The first-order valence-electron chi connectivity index (χ1n) is 13.7. The van der Waals surface area contributed by atoms with Crippen LogP contribution >= 0.6 is 0 Å². The second-order valence-electron chi connectivity index (χ2n) is 10.1. The maximum Gasteiger partial charge on any atom is 0.221 e. The Bertz CT molecular complexity index is 1350. The van der Waals surface area contributed by atoms with Gasteiger partial charge in [-0.05, 0) is 53.4 Å². The summed E-state index contributed by atoms with van der Waals surface area (Å²) in [7, 11) is 3.23. The van der Waals surface area contributed by atoms with Crippen LogP contribution in [0.4, 0.5) is 0 Å². The fraction of sp³-hybridized carbons (Fsp3) is 0.387. The number of nitrogens with zero attached hydrogens (tertiary/aromatic N) is 2. The molecule has 2 aromatic carbocycles. The van der Waals surface area contributed by atoms with Crippen LogP contribution in [0.1, 0.15) is 42.0 Å². The van der Waals surface area contributed by atoms with Crippen molar-refractivity contribution in [3.05, 3.63) is 71.5 Å². The Morgan fingerprint density at radius 2 is 1.93 bits per heavy atom. The molecule has 40 heavy (non-hydrogen) atoms. The average Bonchev–Trinajstić information content (AvgIpc) is 2.98. The second-order valence-corrected chi connectivity index (χ2v) is 10.1. The number of amides is 2. The van der Waals surface area contributed by atoms with E-state index in [2.05, 4.69) is 26.6 Å². The lowest BCUT2D eigenvalue weighted by Gasteiger charge is -2.28. The molecule has 2 aliphatic rings. The molecule has 3 aromatic rings. The van der Waals surface area contributed by atoms with Gasteiger partial charge in [0.05, 0.1) is 26.9 Å². The number of fused-ring (bicyclic) bond motifs is 4. The number of aromatic nitrogens is 1. The number of pyridine rings is 1. The summed E-state index contributed by atoms with van der Waals surface area (Å²) in [6, 6.07) is 13.7. The fourth-order valence-electron chi connectivity index (χ4n) is 5.34. The molecule has 0 spiro atoms. The lowest BCUT2D eigenvalue weighted by atomic mass is 9.93. The topological polar surface area (TPSA) is 102 Å². The summed E-state index contributed by atoms with van der Waals surface area (Å²) in [5, 5.41) is 6.28. The minimum atomic E-state index is -0.155. The summed E-state index contributed by atoms with van der Waals surface area (Å²) in [6.07, 6.45) is 5.51. The van der Waals surface area contributed by atoms with Crippen molar-refractivity contribution < 1.29 is 23.8 Å². The number of benzene rings is 2. The quantitative estimate of drug-likeness (QED) is 0.517. The maximum absolute atomic E-state index is 13.2. The highest BCUT2D eigenvalue weighted by Gasteiger charge is 2.25. The minimum absolute atomic E-state index is 0.0224. The third kappa shape index (κ3) is 6.54. The molecular weight excluding hydrogens is 508 g/mol. The molecule has 1 unspecified atom stereocenters. The Balaban J connectivity index is 1.47. The SMILES string of the molecule is COc1cc2cc(c1OC)-c1ccc3c(c1)C(CCO3)NC(=O)CCN(Cc1cccnc1)CCNC(=O)CC2. The third-order valence-electron chi connectivity index (χ3n) is 7.41. The number of nitrogens with one attached hydrogen (secondary N) is 2. The molecule has 9 nitrogen and oxygen atoms in total. The van der Waals surface area contributed by atoms with Gasteiger partial charge >= 0.3 is 0 Å². The molecule has 2 N–H and O–H groups in total. The summed E-state index contributed by atoms with van der Waals surface area (Å²) < 4.78 is 17.4. The Morgan fingerprint density at radius 1 is 1.02 bits per heavy atom. The molecule has 0 aliphatic carbocycles. The smallest absolute Gasteiger partial charge is 0.221 e. The maximum atomic E-state index is 13.2. The van der Waals surface area contributed by atoms with Crippen LogP contribution in [0.5, 0.6) is 17.2 Å². The summed E-state index contributed by atoms with van der Waals surface area (Å²) in [5.41, 5.74) is 4.76. The highest BCUT2D eigenvalue weighted by Crippen LogP contribution is 2.42. The molecule has 2 aliphatic heterocycles. The molecule has 4 bridgehead atoms. The molecule has 3 heterocycles. The van der Waals surface area contributed by atoms with E-state index in [1.54, 1.807) is 20.4 Å². The van der Waals surface area contributed by atoms with Crippen molar-refractivity contribution >= 4 is 11.8 Å². The van der Waals surface area contributed by atoms with Gasteiger partial charge in [0.2, 0.25) is 11.8 Å². The summed E-state index contributed by atoms with van der Waals surface area (Å²) in [5.74, 6) is 1.95. The number of carbonyl (C=O) groups is 2. The van der Waals surface area contributed by atoms with Gasteiger partial charge in [-0.3, -0.25) is 19.5 Å². The third-order valence-corrected chi connectivity index (χ3v) is 7.41.